The van der Waals surface area contributed by atoms with Crippen molar-refractivity contribution in [2.75, 3.05) is 13.0 Å². The van der Waals surface area contributed by atoms with Gasteiger partial charge in [0.25, 0.3) is 0 Å². The summed E-state index contributed by atoms with van der Waals surface area (Å²) in [6.07, 6.45) is 0.350. The summed E-state index contributed by atoms with van der Waals surface area (Å²) in [7, 11) is 1.54. The van der Waals surface area contributed by atoms with Crippen LogP contribution in [0, 0.1) is 6.92 Å². The maximum Gasteiger partial charge on any atom is 0.417 e. The first-order chi connectivity index (χ1) is 16.2. The molecule has 4 rings (SSSR count). The van der Waals surface area contributed by atoms with Crippen LogP contribution in [0.2, 0.25) is 0 Å². The molecule has 7 nitrogen and oxygen atoms in total. The Morgan fingerprint density at radius 3 is 2.56 bits per heavy atom. The highest BCUT2D eigenvalue weighted by molar-refractivity contribution is 5.67. The Balaban J connectivity index is 1.75. The molecule has 0 saturated heterocycles. The van der Waals surface area contributed by atoms with Crippen LogP contribution in [0.25, 0.3) is 22.6 Å². The van der Waals surface area contributed by atoms with E-state index in [0.717, 1.165) is 22.1 Å². The summed E-state index contributed by atoms with van der Waals surface area (Å²) < 4.78 is 48.9. The van der Waals surface area contributed by atoms with E-state index in [1.807, 2.05) is 23.8 Å². The Bertz CT molecular complexity index is 1440. The highest BCUT2D eigenvalue weighted by Gasteiger charge is 2.33. The lowest BCUT2D eigenvalue weighted by Gasteiger charge is -2.15. The average Bonchev–Trinajstić information content (AvgIpc) is 3.25. The molecule has 2 heterocycles. The highest BCUT2D eigenvalue weighted by atomic mass is 19.4. The van der Waals surface area contributed by atoms with E-state index >= 15 is 0 Å². The molecule has 34 heavy (non-hydrogen) atoms. The lowest BCUT2D eigenvalue weighted by Crippen LogP contribution is -2.32. The number of imidazole rings is 1. The van der Waals surface area contributed by atoms with Crippen LogP contribution in [-0.4, -0.2) is 26.3 Å². The van der Waals surface area contributed by atoms with Gasteiger partial charge in [0.15, 0.2) is 0 Å². The van der Waals surface area contributed by atoms with Gasteiger partial charge in [-0.15, -0.1) is 0 Å². The molecule has 4 aromatic rings. The Labute approximate surface area is 193 Å². The second kappa shape index (κ2) is 8.89. The van der Waals surface area contributed by atoms with Gasteiger partial charge in [0.2, 0.25) is 5.62 Å². The van der Waals surface area contributed by atoms with Crippen LogP contribution in [0.1, 0.15) is 16.8 Å². The van der Waals surface area contributed by atoms with Gasteiger partial charge in [0, 0.05) is 23.5 Å². The molecule has 0 fully saturated rings. The van der Waals surface area contributed by atoms with E-state index in [1.165, 1.54) is 30.5 Å². The number of rotatable bonds is 5. The number of nitrogens with zero attached hydrogens (tertiary/aromatic N) is 5. The van der Waals surface area contributed by atoms with E-state index in [-0.39, 0.29) is 16.9 Å². The molecule has 0 unspecified atom stereocenters. The highest BCUT2D eigenvalue weighted by Crippen LogP contribution is 2.36. The fourth-order valence-corrected chi connectivity index (χ4v) is 3.49. The average molecular weight is 466 g/mol. The molecule has 174 valence electrons. The van der Waals surface area contributed by atoms with Crippen LogP contribution in [0.5, 0.6) is 5.75 Å². The Hall–Kier alpha value is -4.34. The summed E-state index contributed by atoms with van der Waals surface area (Å²) >= 11 is 0. The molecule has 2 N–H and O–H groups in total. The predicted octanol–water partition coefficient (Wildman–Crippen LogP) is 4.36. The van der Waals surface area contributed by atoms with E-state index in [4.69, 9.17) is 10.6 Å². The minimum Gasteiger partial charge on any atom is -0.495 e. The largest absolute Gasteiger partial charge is 0.495 e. The van der Waals surface area contributed by atoms with Crippen molar-refractivity contribution in [3.8, 4) is 22.7 Å². The fourth-order valence-electron chi connectivity index (χ4n) is 3.49. The van der Waals surface area contributed by atoms with Gasteiger partial charge in [-0.25, -0.2) is 19.6 Å². The van der Waals surface area contributed by atoms with Crippen LogP contribution < -0.4 is 16.2 Å². The number of hydrogen-bond donors (Lipinski definition) is 1. The number of halogens is 3. The smallest absolute Gasteiger partial charge is 0.417 e. The second-order valence-corrected chi connectivity index (χ2v) is 7.41. The first-order valence-corrected chi connectivity index (χ1v) is 10.1. The van der Waals surface area contributed by atoms with Gasteiger partial charge in [-0.3, -0.25) is 0 Å². The molecule has 10 heteroatoms. The third kappa shape index (κ3) is 4.42. The summed E-state index contributed by atoms with van der Waals surface area (Å²) in [5.41, 5.74) is 1.78. The zero-order chi connectivity index (χ0) is 24.5. The van der Waals surface area contributed by atoms with Crippen LogP contribution in [0.3, 0.4) is 0 Å². The van der Waals surface area contributed by atoms with Crippen LogP contribution in [0.4, 0.5) is 13.2 Å². The van der Waals surface area contributed by atoms with Crippen molar-refractivity contribution in [1.82, 2.24) is 19.2 Å². The molecule has 0 aliphatic carbocycles. The Kier molecular flexibility index (Phi) is 5.97. The molecule has 0 radical (unpaired) electrons. The van der Waals surface area contributed by atoms with Crippen molar-refractivity contribution in [3.05, 3.63) is 96.3 Å². The second-order valence-electron chi connectivity index (χ2n) is 7.41. The normalized spacial score (nSPS) is 12.1. The molecule has 0 spiro atoms. The molecule has 2 aromatic heterocycles. The number of nitrogens with two attached hydrogens (primary N) is 1. The lowest BCUT2D eigenvalue weighted by atomic mass is 10.0. The van der Waals surface area contributed by atoms with Gasteiger partial charge in [0.1, 0.15) is 5.75 Å². The van der Waals surface area contributed by atoms with Crippen molar-refractivity contribution in [2.45, 2.75) is 13.1 Å². The molecule has 0 aliphatic rings. The molecule has 2 aromatic carbocycles. The molecule has 0 saturated carbocycles. The minimum atomic E-state index is -4.54. The third-order valence-electron chi connectivity index (χ3n) is 5.14. The van der Waals surface area contributed by atoms with Gasteiger partial charge in [-0.1, -0.05) is 30.8 Å². The van der Waals surface area contributed by atoms with E-state index < -0.39 is 11.7 Å². The monoisotopic (exact) mass is 466 g/mol. The van der Waals surface area contributed by atoms with E-state index in [2.05, 4.69) is 21.5 Å². The lowest BCUT2D eigenvalue weighted by molar-refractivity contribution is -0.137. The summed E-state index contributed by atoms with van der Waals surface area (Å²) in [5.74, 6) is 6.69. The van der Waals surface area contributed by atoms with Crippen molar-refractivity contribution in [2.24, 2.45) is 4.99 Å². The number of aryl methyl sites for hydroxylation is 1. The molecule has 0 aliphatic heterocycles. The summed E-state index contributed by atoms with van der Waals surface area (Å²) in [6.45, 7) is 5.86. The van der Waals surface area contributed by atoms with Crippen LogP contribution >= 0.6 is 0 Å². The van der Waals surface area contributed by atoms with Gasteiger partial charge in [-0.2, -0.15) is 13.2 Å². The van der Waals surface area contributed by atoms with E-state index in [1.54, 1.807) is 25.6 Å². The number of methoxy groups -OCH3 is 1. The number of ether oxygens (including phenoxy) is 1. The van der Waals surface area contributed by atoms with Gasteiger partial charge >= 0.3 is 6.18 Å². The zero-order valence-corrected chi connectivity index (χ0v) is 18.4. The van der Waals surface area contributed by atoms with Crippen molar-refractivity contribution in [1.29, 1.82) is 0 Å². The van der Waals surface area contributed by atoms with E-state index in [9.17, 15) is 13.2 Å². The SMILES string of the molecule is C=C(N=c1nccc(-c2ccccc2C(F)(F)F)n1N)c1ccc(-n2cnc(C)c2)c(OC)c1. The van der Waals surface area contributed by atoms with Gasteiger partial charge in [0.05, 0.1) is 41.8 Å². The standard InChI is InChI=1S/C24H21F3N6O/c1-15-13-32(14-30-15)21-9-8-17(12-22(21)34-3)16(2)31-23-29-11-10-20(33(23)28)18-6-4-5-7-19(18)24(25,26)27/h4-14H,2,28H2,1,3H3. The van der Waals surface area contributed by atoms with Crippen molar-refractivity contribution < 1.29 is 17.9 Å². The minimum absolute atomic E-state index is 0.00671. The molecule has 0 amide bonds. The maximum absolute atomic E-state index is 13.5. The molecular weight excluding hydrogens is 445 g/mol. The fraction of sp³-hybridized carbons (Fsp3) is 0.125. The number of alkyl halides is 3. The summed E-state index contributed by atoms with van der Waals surface area (Å²) in [4.78, 5) is 12.7. The first kappa shape index (κ1) is 22.8. The zero-order valence-electron chi connectivity index (χ0n) is 18.4. The maximum atomic E-state index is 13.5. The number of nitrogen functional groups attached to an aromatic ring is 1. The first-order valence-electron chi connectivity index (χ1n) is 10.1. The Morgan fingerprint density at radius 1 is 1.12 bits per heavy atom. The quantitative estimate of drug-likeness (QED) is 0.443. The van der Waals surface area contributed by atoms with Gasteiger partial charge < -0.3 is 15.1 Å². The van der Waals surface area contributed by atoms with Gasteiger partial charge in [-0.05, 0) is 31.2 Å². The number of hydrogen-bond acceptors (Lipinski definition) is 5. The topological polar surface area (TPSA) is 83.3 Å². The number of aromatic nitrogens is 4. The van der Waals surface area contributed by atoms with Crippen molar-refractivity contribution >= 4 is 5.70 Å². The molecular formula is C24H21F3N6O. The van der Waals surface area contributed by atoms with E-state index in [0.29, 0.717) is 17.0 Å². The van der Waals surface area contributed by atoms with Crippen LogP contribution in [0.15, 0.2) is 78.8 Å². The predicted molar refractivity (Wildman–Crippen MR) is 122 cm³/mol. The number of benzene rings is 2. The Morgan fingerprint density at radius 2 is 1.88 bits per heavy atom. The summed E-state index contributed by atoms with van der Waals surface area (Å²) in [5, 5.41) is 0. The van der Waals surface area contributed by atoms with Crippen LogP contribution in [-0.2, 0) is 6.18 Å². The molecule has 0 atom stereocenters. The summed E-state index contributed by atoms with van der Waals surface area (Å²) in [6, 6.07) is 12.0. The third-order valence-corrected chi connectivity index (χ3v) is 5.14. The molecule has 0 bridgehead atoms. The van der Waals surface area contributed by atoms with Crippen molar-refractivity contribution in [3.63, 3.8) is 0 Å².